The van der Waals surface area contributed by atoms with Gasteiger partial charge >= 0.3 is 0 Å². The van der Waals surface area contributed by atoms with E-state index in [4.69, 9.17) is 9.47 Å². The van der Waals surface area contributed by atoms with Gasteiger partial charge in [-0.2, -0.15) is 0 Å². The summed E-state index contributed by atoms with van der Waals surface area (Å²) in [5.41, 5.74) is 2.44. The zero-order valence-electron chi connectivity index (χ0n) is 15.4. The van der Waals surface area contributed by atoms with Crippen LogP contribution < -0.4 is 14.8 Å². The Morgan fingerprint density at radius 3 is 2.48 bits per heavy atom. The first-order valence-corrected chi connectivity index (χ1v) is 9.04. The number of hydrogen-bond donors (Lipinski definition) is 1. The van der Waals surface area contributed by atoms with Crippen molar-refractivity contribution in [1.29, 1.82) is 0 Å². The van der Waals surface area contributed by atoms with Crippen molar-refractivity contribution in [3.63, 3.8) is 0 Å². The Balaban J connectivity index is 1.37. The molecule has 0 saturated carbocycles. The minimum atomic E-state index is -0.280. The molecule has 0 saturated heterocycles. The van der Waals surface area contributed by atoms with Crippen LogP contribution in [-0.4, -0.2) is 43.5 Å². The summed E-state index contributed by atoms with van der Waals surface area (Å²) in [6.07, 6.45) is 0.698. The van der Waals surface area contributed by atoms with Gasteiger partial charge in [-0.15, -0.1) is 0 Å². The largest absolute Gasteiger partial charge is 0.497 e. The molecule has 0 unspecified atom stereocenters. The van der Waals surface area contributed by atoms with Crippen LogP contribution >= 0.6 is 0 Å². The first kappa shape index (κ1) is 18.8. The van der Waals surface area contributed by atoms with Crippen LogP contribution in [0, 0.1) is 0 Å². The van der Waals surface area contributed by atoms with Gasteiger partial charge in [-0.1, -0.05) is 24.3 Å². The maximum absolute atomic E-state index is 12.4. The van der Waals surface area contributed by atoms with Crippen LogP contribution in [0.25, 0.3) is 0 Å². The second-order valence-corrected chi connectivity index (χ2v) is 6.38. The normalized spacial score (nSPS) is 12.9. The molecule has 1 aliphatic rings. The average molecular weight is 368 g/mol. The Bertz CT molecular complexity index is 789. The summed E-state index contributed by atoms with van der Waals surface area (Å²) in [7, 11) is 1.61. The van der Waals surface area contributed by atoms with Crippen molar-refractivity contribution < 1.29 is 19.1 Å². The van der Waals surface area contributed by atoms with Crippen molar-refractivity contribution in [1.82, 2.24) is 10.2 Å². The zero-order valence-corrected chi connectivity index (χ0v) is 15.4. The van der Waals surface area contributed by atoms with E-state index in [9.17, 15) is 9.59 Å². The summed E-state index contributed by atoms with van der Waals surface area (Å²) in [5, 5.41) is 2.73. The second-order valence-electron chi connectivity index (χ2n) is 6.38. The van der Waals surface area contributed by atoms with E-state index < -0.39 is 0 Å². The number of carbonyl (C=O) groups excluding carboxylic acids is 2. The van der Waals surface area contributed by atoms with Crippen molar-refractivity contribution >= 4 is 11.8 Å². The van der Waals surface area contributed by atoms with Crippen LogP contribution in [0.5, 0.6) is 11.5 Å². The first-order chi connectivity index (χ1) is 13.2. The average Bonchev–Trinajstić information content (AvgIpc) is 2.71. The van der Waals surface area contributed by atoms with Crippen molar-refractivity contribution in [2.24, 2.45) is 0 Å². The standard InChI is InChI=1S/C21H24N2O4/c1-26-18-6-8-19(9-7-18)27-13-11-22-20(24)14-21(25)23-12-10-16-4-2-3-5-17(16)15-23/h2-9H,10-15H2,1H3,(H,22,24). The minimum absolute atomic E-state index is 0.134. The van der Waals surface area contributed by atoms with E-state index >= 15 is 0 Å². The third kappa shape index (κ3) is 5.23. The van der Waals surface area contributed by atoms with Gasteiger partial charge in [-0.05, 0) is 41.8 Å². The Morgan fingerprint density at radius 1 is 1.04 bits per heavy atom. The number of fused-ring (bicyclic) bond motifs is 1. The summed E-state index contributed by atoms with van der Waals surface area (Å²) in [6.45, 7) is 1.91. The molecule has 2 aromatic rings. The molecular weight excluding hydrogens is 344 g/mol. The van der Waals surface area contributed by atoms with E-state index in [1.54, 1.807) is 24.1 Å². The second kappa shape index (κ2) is 9.07. The van der Waals surface area contributed by atoms with E-state index in [1.807, 2.05) is 30.3 Å². The number of methoxy groups -OCH3 is 1. The maximum atomic E-state index is 12.4. The number of hydrogen-bond acceptors (Lipinski definition) is 4. The molecule has 0 spiro atoms. The fraction of sp³-hybridized carbons (Fsp3) is 0.333. The molecule has 27 heavy (non-hydrogen) atoms. The van der Waals surface area contributed by atoms with Crippen LogP contribution in [0.15, 0.2) is 48.5 Å². The molecule has 0 bridgehead atoms. The lowest BCUT2D eigenvalue weighted by atomic mass is 10.00. The maximum Gasteiger partial charge on any atom is 0.232 e. The predicted molar refractivity (Wildman–Crippen MR) is 102 cm³/mol. The highest BCUT2D eigenvalue weighted by Gasteiger charge is 2.22. The molecule has 0 atom stereocenters. The Hall–Kier alpha value is -3.02. The van der Waals surface area contributed by atoms with Crippen LogP contribution in [-0.2, 0) is 22.6 Å². The molecule has 0 radical (unpaired) electrons. The van der Waals surface area contributed by atoms with Gasteiger partial charge in [0.25, 0.3) is 0 Å². The Kier molecular flexibility index (Phi) is 6.30. The number of rotatable bonds is 7. The molecule has 3 rings (SSSR count). The van der Waals surface area contributed by atoms with Gasteiger partial charge in [0.2, 0.25) is 11.8 Å². The Morgan fingerprint density at radius 2 is 1.74 bits per heavy atom. The molecule has 0 fully saturated rings. The van der Waals surface area contributed by atoms with E-state index in [0.717, 1.165) is 17.7 Å². The fourth-order valence-electron chi connectivity index (χ4n) is 3.05. The SMILES string of the molecule is COc1ccc(OCCNC(=O)CC(=O)N2CCc3ccccc3C2)cc1. The van der Waals surface area contributed by atoms with Crippen LogP contribution in [0.3, 0.4) is 0 Å². The van der Waals surface area contributed by atoms with Gasteiger partial charge in [-0.3, -0.25) is 9.59 Å². The first-order valence-electron chi connectivity index (χ1n) is 9.04. The number of amides is 2. The van der Waals surface area contributed by atoms with Crippen molar-refractivity contribution in [3.8, 4) is 11.5 Å². The van der Waals surface area contributed by atoms with Crippen molar-refractivity contribution in [3.05, 3.63) is 59.7 Å². The zero-order chi connectivity index (χ0) is 19.1. The molecule has 6 heteroatoms. The molecule has 1 heterocycles. The predicted octanol–water partition coefficient (Wildman–Crippen LogP) is 2.17. The van der Waals surface area contributed by atoms with Gasteiger partial charge in [0.05, 0.1) is 13.7 Å². The molecule has 6 nitrogen and oxygen atoms in total. The summed E-state index contributed by atoms with van der Waals surface area (Å²) < 4.78 is 10.6. The molecular formula is C21H24N2O4. The van der Waals surface area contributed by atoms with Gasteiger partial charge in [0.15, 0.2) is 0 Å². The molecule has 1 N–H and O–H groups in total. The molecule has 0 aromatic heterocycles. The van der Waals surface area contributed by atoms with E-state index in [-0.39, 0.29) is 18.2 Å². The van der Waals surface area contributed by atoms with Crippen molar-refractivity contribution in [2.45, 2.75) is 19.4 Å². The summed E-state index contributed by atoms with van der Waals surface area (Å²) in [4.78, 5) is 26.1. The third-order valence-corrected chi connectivity index (χ3v) is 4.55. The highest BCUT2D eigenvalue weighted by atomic mass is 16.5. The quantitative estimate of drug-likeness (QED) is 0.601. The molecule has 0 aliphatic carbocycles. The van der Waals surface area contributed by atoms with E-state index in [1.165, 1.54) is 5.56 Å². The lowest BCUT2D eigenvalue weighted by Crippen LogP contribution is -2.39. The molecule has 2 aromatic carbocycles. The monoisotopic (exact) mass is 368 g/mol. The number of carbonyl (C=O) groups is 2. The summed E-state index contributed by atoms with van der Waals surface area (Å²) in [5.74, 6) is 1.04. The molecule has 2 amide bonds. The number of benzene rings is 2. The van der Waals surface area contributed by atoms with Gasteiger partial charge in [0.1, 0.15) is 24.5 Å². The minimum Gasteiger partial charge on any atom is -0.497 e. The van der Waals surface area contributed by atoms with Crippen LogP contribution in [0.4, 0.5) is 0 Å². The lowest BCUT2D eigenvalue weighted by Gasteiger charge is -2.28. The third-order valence-electron chi connectivity index (χ3n) is 4.55. The van der Waals surface area contributed by atoms with Gasteiger partial charge in [0, 0.05) is 13.1 Å². The van der Waals surface area contributed by atoms with Crippen LogP contribution in [0.1, 0.15) is 17.5 Å². The highest BCUT2D eigenvalue weighted by molar-refractivity contribution is 5.96. The number of ether oxygens (including phenoxy) is 2. The summed E-state index contributed by atoms with van der Waals surface area (Å²) >= 11 is 0. The molecule has 1 aliphatic heterocycles. The van der Waals surface area contributed by atoms with Gasteiger partial charge in [-0.25, -0.2) is 0 Å². The topological polar surface area (TPSA) is 67.9 Å². The van der Waals surface area contributed by atoms with E-state index in [2.05, 4.69) is 11.4 Å². The lowest BCUT2D eigenvalue weighted by molar-refractivity contribution is -0.136. The van der Waals surface area contributed by atoms with Crippen molar-refractivity contribution in [2.75, 3.05) is 26.8 Å². The Labute approximate surface area is 159 Å². The number of nitrogens with zero attached hydrogens (tertiary/aromatic N) is 1. The van der Waals surface area contributed by atoms with E-state index in [0.29, 0.717) is 32.0 Å². The molecule has 142 valence electrons. The highest BCUT2D eigenvalue weighted by Crippen LogP contribution is 2.19. The van der Waals surface area contributed by atoms with Crippen LogP contribution in [0.2, 0.25) is 0 Å². The smallest absolute Gasteiger partial charge is 0.232 e. The fourth-order valence-corrected chi connectivity index (χ4v) is 3.05. The number of nitrogens with one attached hydrogen (secondary N) is 1. The summed E-state index contributed by atoms with van der Waals surface area (Å²) in [6, 6.07) is 15.3. The van der Waals surface area contributed by atoms with Gasteiger partial charge < -0.3 is 19.7 Å².